The Hall–Kier alpha value is -1.76. The summed E-state index contributed by atoms with van der Waals surface area (Å²) in [6, 6.07) is -0.660. The second kappa shape index (κ2) is 6.52. The van der Waals surface area contributed by atoms with Gasteiger partial charge in [-0.05, 0) is 37.1 Å². The number of urea groups is 1. The fourth-order valence-corrected chi connectivity index (χ4v) is 4.45. The number of carbonyl (C=O) groups excluding carboxylic acids is 2. The van der Waals surface area contributed by atoms with Crippen LogP contribution < -0.4 is 0 Å². The van der Waals surface area contributed by atoms with E-state index in [1.807, 2.05) is 0 Å². The number of nitrogens with zero attached hydrogens (tertiary/aromatic N) is 5. The third kappa shape index (κ3) is 3.10. The van der Waals surface area contributed by atoms with Gasteiger partial charge in [-0.1, -0.05) is 13.8 Å². The Morgan fingerprint density at radius 1 is 1.12 bits per heavy atom. The third-order valence-corrected chi connectivity index (χ3v) is 5.41. The first-order chi connectivity index (χ1) is 11.7. The Morgan fingerprint density at radius 2 is 1.72 bits per heavy atom. The van der Waals surface area contributed by atoms with Gasteiger partial charge < -0.3 is 0 Å². The number of piperidine rings is 1. The van der Waals surface area contributed by atoms with Crippen LogP contribution in [0.2, 0.25) is 0 Å². The van der Waals surface area contributed by atoms with Crippen LogP contribution in [-0.2, 0) is 4.79 Å². The summed E-state index contributed by atoms with van der Waals surface area (Å²) in [6.07, 6.45) is 1.26. The van der Waals surface area contributed by atoms with E-state index in [0.29, 0.717) is 17.7 Å². The molecule has 3 heterocycles. The zero-order valence-corrected chi connectivity index (χ0v) is 16.2. The Labute approximate surface area is 150 Å². The van der Waals surface area contributed by atoms with Crippen LogP contribution in [0.1, 0.15) is 34.1 Å². The fourth-order valence-electron chi connectivity index (χ4n) is 4.45. The molecule has 3 atom stereocenters. The molecule has 2 fully saturated rings. The molecule has 7 nitrogen and oxygen atoms in total. The first kappa shape index (κ1) is 18.0. The highest BCUT2D eigenvalue weighted by atomic mass is 16.2. The molecule has 0 spiro atoms. The van der Waals surface area contributed by atoms with Gasteiger partial charge in [-0.2, -0.15) is 0 Å². The Balaban J connectivity index is 1.92. The number of likely N-dealkylation sites (tertiary alicyclic amines) is 1. The molecule has 3 aliphatic rings. The summed E-state index contributed by atoms with van der Waals surface area (Å²) in [6.45, 7) is 11.6. The van der Waals surface area contributed by atoms with Crippen LogP contribution >= 0.6 is 0 Å². The predicted molar refractivity (Wildman–Crippen MR) is 96.9 cm³/mol. The average molecular weight is 348 g/mol. The average Bonchev–Trinajstić information content (AvgIpc) is 2.89. The molecule has 0 aromatic heterocycles. The van der Waals surface area contributed by atoms with Crippen LogP contribution in [0.3, 0.4) is 0 Å². The summed E-state index contributed by atoms with van der Waals surface area (Å²) >= 11 is 0. The number of amidine groups is 2. The maximum atomic E-state index is 12.7. The van der Waals surface area contributed by atoms with Gasteiger partial charge in [-0.25, -0.2) is 9.37 Å². The number of carbonyl (C=O) groups is 2. The van der Waals surface area contributed by atoms with Crippen molar-refractivity contribution in [2.24, 2.45) is 16.8 Å². The largest absolute Gasteiger partial charge is 0.333 e. The van der Waals surface area contributed by atoms with E-state index in [2.05, 4.69) is 37.2 Å². The van der Waals surface area contributed by atoms with E-state index < -0.39 is 6.04 Å². The second-order valence-corrected chi connectivity index (χ2v) is 8.17. The molecule has 0 bridgehead atoms. The van der Waals surface area contributed by atoms with Gasteiger partial charge in [0.1, 0.15) is 6.54 Å². The number of imide groups is 1. The number of fused-ring (bicyclic) bond motifs is 1. The van der Waals surface area contributed by atoms with E-state index in [9.17, 15) is 9.59 Å². The highest BCUT2D eigenvalue weighted by Gasteiger charge is 2.53. The van der Waals surface area contributed by atoms with Crippen LogP contribution in [0.25, 0.3) is 0 Å². The monoisotopic (exact) mass is 348 g/mol. The van der Waals surface area contributed by atoms with Crippen molar-refractivity contribution in [1.82, 2.24) is 14.7 Å². The van der Waals surface area contributed by atoms with E-state index in [1.165, 1.54) is 16.2 Å². The van der Waals surface area contributed by atoms with E-state index in [-0.39, 0.29) is 18.0 Å². The molecule has 3 rings (SSSR count). The van der Waals surface area contributed by atoms with Crippen molar-refractivity contribution in [2.45, 2.75) is 46.2 Å². The predicted octanol–water partition coefficient (Wildman–Crippen LogP) is 1.09. The van der Waals surface area contributed by atoms with Gasteiger partial charge >= 0.3 is 11.9 Å². The lowest BCUT2D eigenvalue weighted by molar-refractivity contribution is -0.566. The molecule has 0 aromatic rings. The molecule has 0 radical (unpaired) electrons. The summed E-state index contributed by atoms with van der Waals surface area (Å²) in [5.74, 6) is 2.62. The smallest absolute Gasteiger partial charge is 0.292 e. The van der Waals surface area contributed by atoms with E-state index in [4.69, 9.17) is 4.99 Å². The number of hydrogen-bond acceptors (Lipinski definition) is 4. The van der Waals surface area contributed by atoms with Crippen LogP contribution in [-0.4, -0.2) is 88.7 Å². The van der Waals surface area contributed by atoms with Crippen molar-refractivity contribution < 1.29 is 14.2 Å². The lowest BCUT2D eigenvalue weighted by Crippen LogP contribution is -2.62. The van der Waals surface area contributed by atoms with Crippen LogP contribution in [0.4, 0.5) is 4.79 Å². The molecule has 2 saturated heterocycles. The molecule has 3 aliphatic heterocycles. The summed E-state index contributed by atoms with van der Waals surface area (Å²) in [5, 5.41) is 0. The number of aliphatic imine (C=N–C) groups is 1. The first-order valence-corrected chi connectivity index (χ1v) is 9.21. The molecule has 25 heavy (non-hydrogen) atoms. The summed E-state index contributed by atoms with van der Waals surface area (Å²) in [4.78, 5) is 34.9. The van der Waals surface area contributed by atoms with E-state index >= 15 is 0 Å². The zero-order chi connectivity index (χ0) is 18.5. The number of likely N-dealkylation sites (N-methyl/N-ethyl adjacent to an activating group) is 2. The number of hydrogen-bond donors (Lipinski definition) is 0. The number of amides is 3. The maximum absolute atomic E-state index is 12.7. The van der Waals surface area contributed by atoms with Gasteiger partial charge in [-0.3, -0.25) is 19.5 Å². The van der Waals surface area contributed by atoms with Gasteiger partial charge in [-0.15, -0.1) is 0 Å². The zero-order valence-electron chi connectivity index (χ0n) is 16.2. The molecule has 138 valence electrons. The van der Waals surface area contributed by atoms with Crippen molar-refractivity contribution in [1.29, 1.82) is 0 Å². The maximum Gasteiger partial charge on any atom is 0.333 e. The second-order valence-electron chi connectivity index (χ2n) is 8.17. The van der Waals surface area contributed by atoms with Crippen molar-refractivity contribution in [3.05, 3.63) is 0 Å². The van der Waals surface area contributed by atoms with Gasteiger partial charge in [0, 0.05) is 27.2 Å². The standard InChI is InChI=1S/C18H30N5O2/c1-11(2)23-14(10-22-8-12(3)7-13(4)9-22)19-16-15(23)17(24)21(6)18(25)20(16)5/h11-13,15H,7-10H2,1-6H3/q+1. The summed E-state index contributed by atoms with van der Waals surface area (Å²) < 4.78 is 2.08. The van der Waals surface area contributed by atoms with Crippen molar-refractivity contribution in [3.63, 3.8) is 0 Å². The molecule has 7 heteroatoms. The SMILES string of the molecule is CC1CC(C)CN(CC2=[N+](C(C)C)C3C(=O)N(C)C(=O)N(C)C3=N2)C1. The van der Waals surface area contributed by atoms with Gasteiger partial charge in [0.25, 0.3) is 17.8 Å². The molecule has 0 N–H and O–H groups in total. The molecule has 0 aliphatic carbocycles. The summed E-state index contributed by atoms with van der Waals surface area (Å²) in [7, 11) is 3.24. The minimum Gasteiger partial charge on any atom is -0.292 e. The third-order valence-electron chi connectivity index (χ3n) is 5.41. The Morgan fingerprint density at radius 3 is 2.28 bits per heavy atom. The Bertz CT molecular complexity index is 644. The highest BCUT2D eigenvalue weighted by Crippen LogP contribution is 2.24. The van der Waals surface area contributed by atoms with Crippen molar-refractivity contribution in [2.75, 3.05) is 33.7 Å². The van der Waals surface area contributed by atoms with Gasteiger partial charge in [0.15, 0.2) is 0 Å². The van der Waals surface area contributed by atoms with Gasteiger partial charge in [0.2, 0.25) is 0 Å². The lowest BCUT2D eigenvalue weighted by Gasteiger charge is -2.34. The van der Waals surface area contributed by atoms with Crippen LogP contribution in [0, 0.1) is 11.8 Å². The topological polar surface area (TPSA) is 59.2 Å². The van der Waals surface area contributed by atoms with Crippen molar-refractivity contribution >= 4 is 23.6 Å². The van der Waals surface area contributed by atoms with E-state index in [0.717, 1.165) is 25.5 Å². The molecule has 0 aromatic carbocycles. The molecule has 0 saturated carbocycles. The normalized spacial score (nSPS) is 31.2. The minimum absolute atomic E-state index is 0.139. The lowest BCUT2D eigenvalue weighted by atomic mass is 9.92. The van der Waals surface area contributed by atoms with Gasteiger partial charge in [0.05, 0.1) is 6.04 Å². The van der Waals surface area contributed by atoms with E-state index in [1.54, 1.807) is 14.1 Å². The van der Waals surface area contributed by atoms with Crippen LogP contribution in [0.15, 0.2) is 4.99 Å². The van der Waals surface area contributed by atoms with Crippen LogP contribution in [0.5, 0.6) is 0 Å². The number of rotatable bonds is 3. The first-order valence-electron chi connectivity index (χ1n) is 9.21. The fraction of sp³-hybridized carbons (Fsp3) is 0.778. The molecule has 3 amide bonds. The van der Waals surface area contributed by atoms with Crippen molar-refractivity contribution in [3.8, 4) is 0 Å². The molecule has 3 unspecified atom stereocenters. The molecular weight excluding hydrogens is 318 g/mol. The minimum atomic E-state index is -0.484. The molecular formula is C18H30N5O2+. The quantitative estimate of drug-likeness (QED) is 0.718. The summed E-state index contributed by atoms with van der Waals surface area (Å²) in [5.41, 5.74) is 0. The Kier molecular flexibility index (Phi) is 4.70. The highest BCUT2D eigenvalue weighted by molar-refractivity contribution is 6.23.